The summed E-state index contributed by atoms with van der Waals surface area (Å²) >= 11 is 17.5. The second kappa shape index (κ2) is 8.97. The third-order valence-corrected chi connectivity index (χ3v) is 11.9. The van der Waals surface area contributed by atoms with Crippen LogP contribution >= 0.6 is 59.4 Å². The van der Waals surface area contributed by atoms with Crippen molar-refractivity contribution in [2.45, 2.75) is 41.6 Å². The lowest BCUT2D eigenvalue weighted by molar-refractivity contribution is -0.0326. The number of carbonyl (C=O) groups is 2. The van der Waals surface area contributed by atoms with Crippen LogP contribution in [0, 0.1) is 17.8 Å². The molecule has 7 rings (SSSR count). The fourth-order valence-corrected chi connectivity index (χ4v) is 9.43. The van der Waals surface area contributed by atoms with E-state index in [1.165, 1.54) is 0 Å². The standard InChI is InChI=1S/C22H26Br3ClN10O3/c23-6-1-11-16(38)36-5-8-7(3-29-15(37)10-2-9(24)14(25)30-10)13(26)21(18(39)32-20(28)33-21)12(8)22(36)17(35(11)4-6)31-19(27)34-22/h1-2,4,7-8,12-13,17-20,30-34,39H,3,5,27-28H2,(H,29,37). The monoisotopic (exact) mass is 750 g/mol. The summed E-state index contributed by atoms with van der Waals surface area (Å²) in [4.78, 5) is 31.8. The molecule has 0 bridgehead atoms. The molecule has 39 heavy (non-hydrogen) atoms. The first kappa shape index (κ1) is 26.8. The summed E-state index contributed by atoms with van der Waals surface area (Å²) in [7, 11) is 0. The Hall–Kier alpha value is -1.05. The molecular formula is C22H26Br3ClN10O3. The fraction of sp³-hybridized carbons (Fsp3) is 0.545. The molecule has 0 aromatic carbocycles. The molecule has 210 valence electrons. The van der Waals surface area contributed by atoms with Crippen molar-refractivity contribution in [3.05, 3.63) is 43.3 Å². The van der Waals surface area contributed by atoms with Gasteiger partial charge >= 0.3 is 0 Å². The third kappa shape index (κ3) is 3.48. The highest BCUT2D eigenvalue weighted by molar-refractivity contribution is 9.13. The van der Waals surface area contributed by atoms with Gasteiger partial charge in [0.1, 0.15) is 42.0 Å². The first-order chi connectivity index (χ1) is 18.5. The number of carbonyl (C=O) groups excluding carboxylic acids is 2. The Labute approximate surface area is 252 Å². The number of H-pyrrole nitrogens is 1. The van der Waals surface area contributed by atoms with E-state index >= 15 is 0 Å². The summed E-state index contributed by atoms with van der Waals surface area (Å²) in [6.07, 6.45) is -1.09. The second-order valence-electron chi connectivity index (χ2n) is 10.8. The molecule has 2 amide bonds. The van der Waals surface area contributed by atoms with Crippen LogP contribution in [-0.2, 0) is 0 Å². The molecular weight excluding hydrogens is 727 g/mol. The normalized spacial score (nSPS) is 42.1. The summed E-state index contributed by atoms with van der Waals surface area (Å²) < 4.78 is 4.03. The number of aliphatic hydroxyl groups excluding tert-OH is 1. The van der Waals surface area contributed by atoms with Crippen LogP contribution in [0.25, 0.3) is 0 Å². The fourth-order valence-electron chi connectivity index (χ4n) is 7.74. The van der Waals surface area contributed by atoms with Crippen molar-refractivity contribution < 1.29 is 14.7 Å². The topological polar surface area (TPSA) is 191 Å². The van der Waals surface area contributed by atoms with Gasteiger partial charge in [-0.1, -0.05) is 0 Å². The van der Waals surface area contributed by atoms with Gasteiger partial charge in [0, 0.05) is 29.7 Å². The third-order valence-electron chi connectivity index (χ3n) is 9.00. The number of hydrogen-bond acceptors (Lipinski definition) is 9. The molecule has 17 heteroatoms. The van der Waals surface area contributed by atoms with Crippen LogP contribution in [0.5, 0.6) is 0 Å². The first-order valence-corrected chi connectivity index (χ1v) is 15.2. The minimum atomic E-state index is -1.15. The SMILES string of the molecule is NC1NC(O)C2(N1)C(Cl)C(CNC(=O)c1cc(Br)c(Br)[nH]1)C1CN3C(=O)c4cc(Br)cn4C4NC(N)NC43C12. The van der Waals surface area contributed by atoms with Gasteiger partial charge in [0.15, 0.2) is 0 Å². The Balaban J connectivity index is 1.31. The molecule has 1 saturated carbocycles. The molecule has 6 heterocycles. The largest absolute Gasteiger partial charge is 0.376 e. The van der Waals surface area contributed by atoms with E-state index in [1.807, 2.05) is 15.7 Å². The van der Waals surface area contributed by atoms with Crippen LogP contribution in [0.3, 0.4) is 0 Å². The molecule has 11 N–H and O–H groups in total. The Morgan fingerprint density at radius 1 is 1.21 bits per heavy atom. The van der Waals surface area contributed by atoms with Crippen LogP contribution in [0.4, 0.5) is 0 Å². The van der Waals surface area contributed by atoms with Crippen LogP contribution in [-0.4, -0.2) is 79.8 Å². The highest BCUT2D eigenvalue weighted by Gasteiger charge is 2.79. The number of halogens is 4. The quantitative estimate of drug-likeness (QED) is 0.188. The van der Waals surface area contributed by atoms with Gasteiger partial charge in [-0.25, -0.2) is 0 Å². The van der Waals surface area contributed by atoms with Crippen molar-refractivity contribution in [2.75, 3.05) is 13.1 Å². The maximum Gasteiger partial charge on any atom is 0.272 e. The molecule has 2 aromatic rings. The molecule has 5 aliphatic rings. The van der Waals surface area contributed by atoms with Gasteiger partial charge in [-0.3, -0.25) is 30.9 Å². The van der Waals surface area contributed by atoms with E-state index < -0.39 is 47.5 Å². The van der Waals surface area contributed by atoms with Crippen molar-refractivity contribution in [2.24, 2.45) is 29.2 Å². The lowest BCUT2D eigenvalue weighted by Gasteiger charge is -2.52. The maximum absolute atomic E-state index is 13.9. The summed E-state index contributed by atoms with van der Waals surface area (Å²) in [5.41, 5.74) is 11.4. The first-order valence-electron chi connectivity index (χ1n) is 12.4. The molecule has 1 aliphatic carbocycles. The number of aromatic amines is 1. The lowest BCUT2D eigenvalue weighted by atomic mass is 9.74. The predicted molar refractivity (Wildman–Crippen MR) is 151 cm³/mol. The number of aromatic nitrogens is 2. The van der Waals surface area contributed by atoms with Crippen molar-refractivity contribution in [3.8, 4) is 0 Å². The number of fused-ring (bicyclic) bond motifs is 4. The molecule has 2 spiro atoms. The van der Waals surface area contributed by atoms with Crippen LogP contribution in [0.2, 0.25) is 0 Å². The smallest absolute Gasteiger partial charge is 0.272 e. The van der Waals surface area contributed by atoms with E-state index in [2.05, 4.69) is 79.4 Å². The molecule has 2 aromatic heterocycles. The Morgan fingerprint density at radius 2 is 1.95 bits per heavy atom. The Bertz CT molecular complexity index is 1370. The zero-order valence-corrected chi connectivity index (χ0v) is 25.6. The van der Waals surface area contributed by atoms with Crippen molar-refractivity contribution in [1.82, 2.24) is 41.0 Å². The zero-order valence-electron chi connectivity index (χ0n) is 20.1. The van der Waals surface area contributed by atoms with E-state index in [-0.39, 0.29) is 30.2 Å². The average molecular weight is 754 g/mol. The molecule has 0 radical (unpaired) electrons. The van der Waals surface area contributed by atoms with Crippen molar-refractivity contribution in [3.63, 3.8) is 0 Å². The van der Waals surface area contributed by atoms with E-state index in [9.17, 15) is 14.7 Å². The van der Waals surface area contributed by atoms with Gasteiger partial charge in [-0.05, 0) is 71.8 Å². The molecule has 10 atom stereocenters. The summed E-state index contributed by atoms with van der Waals surface area (Å²) in [5, 5.41) is 27.0. The number of amides is 2. The van der Waals surface area contributed by atoms with E-state index in [1.54, 1.807) is 12.1 Å². The summed E-state index contributed by atoms with van der Waals surface area (Å²) in [6.45, 7) is 0.562. The van der Waals surface area contributed by atoms with Crippen molar-refractivity contribution in [1.29, 1.82) is 0 Å². The number of rotatable bonds is 3. The number of hydrogen-bond donors (Lipinski definition) is 9. The second-order valence-corrected chi connectivity index (χ2v) is 13.8. The Morgan fingerprint density at radius 3 is 2.62 bits per heavy atom. The van der Waals surface area contributed by atoms with Gasteiger partial charge in [-0.15, -0.1) is 11.6 Å². The molecule has 10 unspecified atom stereocenters. The minimum Gasteiger partial charge on any atom is -0.376 e. The zero-order chi connectivity index (χ0) is 27.6. The number of nitrogens with two attached hydrogens (primary N) is 2. The Kier molecular flexibility index (Phi) is 6.17. The van der Waals surface area contributed by atoms with E-state index in [4.69, 9.17) is 23.1 Å². The van der Waals surface area contributed by atoms with Crippen LogP contribution in [0.15, 0.2) is 31.9 Å². The van der Waals surface area contributed by atoms with E-state index in [0.29, 0.717) is 22.5 Å². The number of aliphatic hydroxyl groups is 1. The lowest BCUT2D eigenvalue weighted by Crippen LogP contribution is -2.73. The average Bonchev–Trinajstić information content (AvgIpc) is 3.68. The number of nitrogens with zero attached hydrogens (tertiary/aromatic N) is 2. The van der Waals surface area contributed by atoms with E-state index in [0.717, 1.165) is 8.95 Å². The van der Waals surface area contributed by atoms with Gasteiger partial charge < -0.3 is 36.3 Å². The predicted octanol–water partition coefficient (Wildman–Crippen LogP) is -0.405. The molecule has 3 saturated heterocycles. The molecule has 13 nitrogen and oxygen atoms in total. The summed E-state index contributed by atoms with van der Waals surface area (Å²) in [5.74, 6) is -1.45. The van der Waals surface area contributed by atoms with Gasteiger partial charge in [0.25, 0.3) is 11.8 Å². The molecule has 4 fully saturated rings. The van der Waals surface area contributed by atoms with Gasteiger partial charge in [0.2, 0.25) is 0 Å². The van der Waals surface area contributed by atoms with Crippen LogP contribution in [0.1, 0.15) is 27.1 Å². The molecule has 4 aliphatic heterocycles. The number of alkyl halides is 1. The maximum atomic E-state index is 13.9. The summed E-state index contributed by atoms with van der Waals surface area (Å²) in [6, 6.07) is 3.47. The minimum absolute atomic E-state index is 0.162. The number of nitrogens with one attached hydrogen (secondary N) is 6. The van der Waals surface area contributed by atoms with Gasteiger partial charge in [-0.2, -0.15) is 0 Å². The highest BCUT2D eigenvalue weighted by Crippen LogP contribution is 2.62. The van der Waals surface area contributed by atoms with Crippen molar-refractivity contribution >= 4 is 71.2 Å². The van der Waals surface area contributed by atoms with Crippen LogP contribution < -0.4 is 38.1 Å². The highest BCUT2D eigenvalue weighted by atomic mass is 79.9. The van der Waals surface area contributed by atoms with Gasteiger partial charge in [0.05, 0.1) is 20.0 Å².